The summed E-state index contributed by atoms with van der Waals surface area (Å²) in [5.74, 6) is -1.40. The van der Waals surface area contributed by atoms with Gasteiger partial charge >= 0.3 is 5.97 Å². The Morgan fingerprint density at radius 3 is 2.75 bits per heavy atom. The Balaban J connectivity index is 2.65. The van der Waals surface area contributed by atoms with E-state index in [9.17, 15) is 9.59 Å². The number of benzene rings is 1. The summed E-state index contributed by atoms with van der Waals surface area (Å²) in [6, 6.07) is 4.53. The molecule has 0 fully saturated rings. The Morgan fingerprint density at radius 2 is 2.12 bits per heavy atom. The van der Waals surface area contributed by atoms with Crippen molar-refractivity contribution in [1.29, 1.82) is 0 Å². The first-order valence-electron chi connectivity index (χ1n) is 4.55. The van der Waals surface area contributed by atoms with Crippen molar-refractivity contribution in [2.24, 2.45) is 0 Å². The van der Waals surface area contributed by atoms with E-state index in [1.807, 2.05) is 0 Å². The number of nitrogen functional groups attached to an aromatic ring is 1. The van der Waals surface area contributed by atoms with Gasteiger partial charge in [-0.1, -0.05) is 11.6 Å². The maximum absolute atomic E-state index is 11.6. The third-order valence-corrected chi connectivity index (χ3v) is 2.12. The summed E-state index contributed by atoms with van der Waals surface area (Å²) in [5.41, 5.74) is 6.14. The average Bonchev–Trinajstić information content (AvgIpc) is 2.21. The van der Waals surface area contributed by atoms with E-state index >= 15 is 0 Å². The number of aliphatic carboxylic acids is 1. The molecule has 0 aliphatic rings. The van der Waals surface area contributed by atoms with Crippen molar-refractivity contribution in [3.63, 3.8) is 0 Å². The monoisotopic (exact) mass is 242 g/mol. The summed E-state index contributed by atoms with van der Waals surface area (Å²) in [4.78, 5) is 21.8. The molecule has 0 saturated carbocycles. The van der Waals surface area contributed by atoms with Crippen molar-refractivity contribution in [2.45, 2.75) is 6.42 Å². The highest BCUT2D eigenvalue weighted by atomic mass is 35.5. The molecule has 0 aliphatic carbocycles. The van der Waals surface area contributed by atoms with Gasteiger partial charge in [0.15, 0.2) is 0 Å². The Bertz CT molecular complexity index is 421. The minimum Gasteiger partial charge on any atom is -0.481 e. The summed E-state index contributed by atoms with van der Waals surface area (Å²) in [7, 11) is 0. The van der Waals surface area contributed by atoms with E-state index in [-0.39, 0.29) is 18.5 Å². The van der Waals surface area contributed by atoms with Crippen LogP contribution in [0.2, 0.25) is 5.02 Å². The maximum Gasteiger partial charge on any atom is 0.305 e. The van der Waals surface area contributed by atoms with Gasteiger partial charge in [-0.3, -0.25) is 9.59 Å². The number of hydrogen-bond acceptors (Lipinski definition) is 3. The Morgan fingerprint density at radius 1 is 1.44 bits per heavy atom. The zero-order valence-corrected chi connectivity index (χ0v) is 9.12. The molecule has 1 rings (SSSR count). The largest absolute Gasteiger partial charge is 0.481 e. The molecule has 0 aromatic heterocycles. The standard InChI is InChI=1S/C10H11ClN2O3/c11-6-1-2-8(12)7(5-6)10(16)13-4-3-9(14)15/h1-2,5H,3-4,12H2,(H,13,16)(H,14,15). The lowest BCUT2D eigenvalue weighted by molar-refractivity contribution is -0.136. The zero-order chi connectivity index (χ0) is 12.1. The number of carboxylic acid groups (broad SMARTS) is 1. The molecule has 0 aliphatic heterocycles. The normalized spacial score (nSPS) is 9.81. The van der Waals surface area contributed by atoms with Crippen LogP contribution in [0.4, 0.5) is 5.69 Å². The SMILES string of the molecule is Nc1ccc(Cl)cc1C(=O)NCCC(=O)O. The fraction of sp³-hybridized carbons (Fsp3) is 0.200. The molecule has 4 N–H and O–H groups in total. The van der Waals surface area contributed by atoms with Crippen LogP contribution < -0.4 is 11.1 Å². The summed E-state index contributed by atoms with van der Waals surface area (Å²) in [5, 5.41) is 11.2. The van der Waals surface area contributed by atoms with Gasteiger partial charge in [0.05, 0.1) is 12.0 Å². The highest BCUT2D eigenvalue weighted by Crippen LogP contribution is 2.17. The summed E-state index contributed by atoms with van der Waals surface area (Å²) >= 11 is 5.72. The van der Waals surface area contributed by atoms with Crippen LogP contribution in [0.15, 0.2) is 18.2 Å². The molecule has 0 spiro atoms. The van der Waals surface area contributed by atoms with E-state index in [2.05, 4.69) is 5.32 Å². The second-order valence-electron chi connectivity index (χ2n) is 3.13. The van der Waals surface area contributed by atoms with Crippen molar-refractivity contribution < 1.29 is 14.7 Å². The second-order valence-corrected chi connectivity index (χ2v) is 3.57. The van der Waals surface area contributed by atoms with E-state index in [1.165, 1.54) is 12.1 Å². The van der Waals surface area contributed by atoms with Gasteiger partial charge in [0.2, 0.25) is 0 Å². The van der Waals surface area contributed by atoms with Crippen molar-refractivity contribution in [2.75, 3.05) is 12.3 Å². The molecule has 5 nitrogen and oxygen atoms in total. The summed E-state index contributed by atoms with van der Waals surface area (Å²) in [6.45, 7) is 0.0557. The maximum atomic E-state index is 11.6. The Hall–Kier alpha value is -1.75. The van der Waals surface area contributed by atoms with Crippen LogP contribution in [-0.2, 0) is 4.79 Å². The molecule has 0 atom stereocenters. The summed E-state index contributed by atoms with van der Waals surface area (Å²) in [6.07, 6.45) is -0.133. The van der Waals surface area contributed by atoms with Crippen LogP contribution in [0, 0.1) is 0 Å². The van der Waals surface area contributed by atoms with E-state index in [1.54, 1.807) is 6.07 Å². The van der Waals surface area contributed by atoms with Gasteiger partial charge in [0.25, 0.3) is 5.91 Å². The second kappa shape index (κ2) is 5.37. The smallest absolute Gasteiger partial charge is 0.305 e. The molecule has 0 bridgehead atoms. The molecule has 1 aromatic carbocycles. The van der Waals surface area contributed by atoms with E-state index in [4.69, 9.17) is 22.4 Å². The predicted octanol–water partition coefficient (Wildman–Crippen LogP) is 1.13. The van der Waals surface area contributed by atoms with Gasteiger partial charge < -0.3 is 16.2 Å². The van der Waals surface area contributed by atoms with Gasteiger partial charge in [0.1, 0.15) is 0 Å². The quantitative estimate of drug-likeness (QED) is 0.690. The molecule has 0 heterocycles. The van der Waals surface area contributed by atoms with Crippen molar-refractivity contribution >= 4 is 29.2 Å². The topological polar surface area (TPSA) is 92.4 Å². The number of anilines is 1. The fourth-order valence-corrected chi connectivity index (χ4v) is 1.28. The molecule has 86 valence electrons. The van der Waals surface area contributed by atoms with Gasteiger partial charge in [-0.15, -0.1) is 0 Å². The lowest BCUT2D eigenvalue weighted by Crippen LogP contribution is -2.26. The Labute approximate surface area is 97.2 Å². The first kappa shape index (κ1) is 12.3. The highest BCUT2D eigenvalue weighted by Gasteiger charge is 2.10. The van der Waals surface area contributed by atoms with Gasteiger partial charge in [-0.2, -0.15) is 0 Å². The molecule has 0 saturated heterocycles. The van der Waals surface area contributed by atoms with Crippen LogP contribution in [0.1, 0.15) is 16.8 Å². The number of nitrogens with two attached hydrogens (primary N) is 1. The molecular formula is C10H11ClN2O3. The third-order valence-electron chi connectivity index (χ3n) is 1.88. The number of rotatable bonds is 4. The zero-order valence-electron chi connectivity index (χ0n) is 8.37. The van der Waals surface area contributed by atoms with Crippen molar-refractivity contribution in [1.82, 2.24) is 5.32 Å². The van der Waals surface area contributed by atoms with E-state index in [0.29, 0.717) is 10.7 Å². The van der Waals surface area contributed by atoms with E-state index in [0.717, 1.165) is 0 Å². The molecule has 6 heteroatoms. The van der Waals surface area contributed by atoms with Gasteiger partial charge in [-0.25, -0.2) is 0 Å². The van der Waals surface area contributed by atoms with Crippen molar-refractivity contribution in [3.8, 4) is 0 Å². The first-order chi connectivity index (χ1) is 7.50. The predicted molar refractivity (Wildman–Crippen MR) is 60.5 cm³/mol. The molecular weight excluding hydrogens is 232 g/mol. The van der Waals surface area contributed by atoms with Crippen LogP contribution >= 0.6 is 11.6 Å². The minimum absolute atomic E-state index is 0.0557. The first-order valence-corrected chi connectivity index (χ1v) is 4.93. The fourth-order valence-electron chi connectivity index (χ4n) is 1.10. The van der Waals surface area contributed by atoms with Crippen LogP contribution in [0.3, 0.4) is 0 Å². The van der Waals surface area contributed by atoms with Gasteiger partial charge in [-0.05, 0) is 18.2 Å². The van der Waals surface area contributed by atoms with Crippen molar-refractivity contribution in [3.05, 3.63) is 28.8 Å². The molecule has 1 amide bonds. The Kier molecular flexibility index (Phi) is 4.13. The lowest BCUT2D eigenvalue weighted by atomic mass is 10.1. The molecule has 0 radical (unpaired) electrons. The molecule has 1 aromatic rings. The molecule has 0 unspecified atom stereocenters. The summed E-state index contributed by atoms with van der Waals surface area (Å²) < 4.78 is 0. The number of halogens is 1. The van der Waals surface area contributed by atoms with Crippen LogP contribution in [0.25, 0.3) is 0 Å². The lowest BCUT2D eigenvalue weighted by Gasteiger charge is -2.06. The average molecular weight is 243 g/mol. The number of carbonyl (C=O) groups excluding carboxylic acids is 1. The van der Waals surface area contributed by atoms with Crippen LogP contribution in [-0.4, -0.2) is 23.5 Å². The number of hydrogen-bond donors (Lipinski definition) is 3. The third kappa shape index (κ3) is 3.43. The molecule has 16 heavy (non-hydrogen) atoms. The van der Waals surface area contributed by atoms with Crippen LogP contribution in [0.5, 0.6) is 0 Å². The minimum atomic E-state index is -0.973. The number of nitrogens with one attached hydrogen (secondary N) is 1. The van der Waals surface area contributed by atoms with Gasteiger partial charge in [0, 0.05) is 17.3 Å². The number of carboxylic acids is 1. The number of amides is 1. The number of carbonyl (C=O) groups is 2. The highest BCUT2D eigenvalue weighted by molar-refractivity contribution is 6.31. The van der Waals surface area contributed by atoms with E-state index < -0.39 is 11.9 Å².